The summed E-state index contributed by atoms with van der Waals surface area (Å²) in [6, 6.07) is 3.41. The van der Waals surface area contributed by atoms with Gasteiger partial charge in [-0.25, -0.2) is 4.98 Å². The molecular formula is C11H13N3O3. The van der Waals surface area contributed by atoms with Gasteiger partial charge in [-0.2, -0.15) is 0 Å². The van der Waals surface area contributed by atoms with Crippen molar-refractivity contribution in [3.63, 3.8) is 0 Å². The Morgan fingerprint density at radius 2 is 2.00 bits per heavy atom. The van der Waals surface area contributed by atoms with Crippen LogP contribution < -0.4 is 10.2 Å². The van der Waals surface area contributed by atoms with Crippen LogP contribution in [0.1, 0.15) is 18.6 Å². The second kappa shape index (κ2) is 4.50. The zero-order valence-corrected chi connectivity index (χ0v) is 9.38. The van der Waals surface area contributed by atoms with Crippen molar-refractivity contribution in [2.75, 3.05) is 18.0 Å². The Morgan fingerprint density at radius 3 is 2.47 bits per heavy atom. The lowest BCUT2D eigenvalue weighted by Crippen LogP contribution is -2.51. The SMILES string of the molecule is CC(O)c1ccc(N2CC(=O)NC(=O)C2)nc1. The molecule has 6 nitrogen and oxygen atoms in total. The number of aliphatic hydroxyl groups excluding tert-OH is 1. The molecule has 90 valence electrons. The molecule has 17 heavy (non-hydrogen) atoms. The number of nitrogens with zero attached hydrogens (tertiary/aromatic N) is 2. The molecule has 1 aliphatic rings. The van der Waals surface area contributed by atoms with Gasteiger partial charge in [0, 0.05) is 6.20 Å². The summed E-state index contributed by atoms with van der Waals surface area (Å²) in [5, 5.41) is 11.6. The van der Waals surface area contributed by atoms with E-state index in [9.17, 15) is 14.7 Å². The van der Waals surface area contributed by atoms with Crippen molar-refractivity contribution in [2.45, 2.75) is 13.0 Å². The maximum absolute atomic E-state index is 11.2. The molecule has 2 amide bonds. The van der Waals surface area contributed by atoms with E-state index in [0.29, 0.717) is 11.4 Å². The van der Waals surface area contributed by atoms with E-state index in [-0.39, 0.29) is 24.9 Å². The molecule has 1 saturated heterocycles. The van der Waals surface area contributed by atoms with Gasteiger partial charge < -0.3 is 10.0 Å². The van der Waals surface area contributed by atoms with Crippen LogP contribution in [0.2, 0.25) is 0 Å². The van der Waals surface area contributed by atoms with Crippen molar-refractivity contribution in [1.29, 1.82) is 0 Å². The Kier molecular flexibility index (Phi) is 3.06. The van der Waals surface area contributed by atoms with Crippen LogP contribution in [0, 0.1) is 0 Å². The molecule has 0 bridgehead atoms. The average molecular weight is 235 g/mol. The first kappa shape index (κ1) is 11.5. The topological polar surface area (TPSA) is 82.5 Å². The zero-order chi connectivity index (χ0) is 12.4. The highest BCUT2D eigenvalue weighted by atomic mass is 16.3. The molecule has 1 atom stereocenters. The van der Waals surface area contributed by atoms with Crippen LogP contribution in [0.4, 0.5) is 5.82 Å². The van der Waals surface area contributed by atoms with E-state index < -0.39 is 6.10 Å². The van der Waals surface area contributed by atoms with Crippen molar-refractivity contribution in [1.82, 2.24) is 10.3 Å². The van der Waals surface area contributed by atoms with Gasteiger partial charge in [0.25, 0.3) is 0 Å². The number of rotatable bonds is 2. The Balaban J connectivity index is 2.16. The number of hydrogen-bond donors (Lipinski definition) is 2. The second-order valence-electron chi connectivity index (χ2n) is 3.95. The molecule has 1 aromatic rings. The number of anilines is 1. The van der Waals surface area contributed by atoms with Gasteiger partial charge in [0.1, 0.15) is 5.82 Å². The lowest BCUT2D eigenvalue weighted by atomic mass is 10.2. The molecule has 0 spiro atoms. The Hall–Kier alpha value is -1.95. The van der Waals surface area contributed by atoms with Gasteiger partial charge in [0.05, 0.1) is 19.2 Å². The van der Waals surface area contributed by atoms with Crippen molar-refractivity contribution in [3.05, 3.63) is 23.9 Å². The number of aliphatic hydroxyl groups is 1. The standard InChI is InChI=1S/C11H13N3O3/c1-7(15)8-2-3-9(12-4-8)14-5-10(16)13-11(17)6-14/h2-4,7,15H,5-6H2,1H3,(H,13,16,17). The minimum absolute atomic E-state index is 0.118. The normalized spacial score (nSPS) is 17.9. The van der Waals surface area contributed by atoms with Crippen LogP contribution in [-0.2, 0) is 9.59 Å². The fourth-order valence-electron chi connectivity index (χ4n) is 1.63. The maximum atomic E-state index is 11.2. The third kappa shape index (κ3) is 2.59. The van der Waals surface area contributed by atoms with E-state index in [2.05, 4.69) is 10.3 Å². The molecule has 1 aliphatic heterocycles. The predicted molar refractivity (Wildman–Crippen MR) is 60.2 cm³/mol. The number of imide groups is 1. The fourth-order valence-corrected chi connectivity index (χ4v) is 1.63. The number of nitrogens with one attached hydrogen (secondary N) is 1. The second-order valence-corrected chi connectivity index (χ2v) is 3.95. The van der Waals surface area contributed by atoms with Crippen molar-refractivity contribution < 1.29 is 14.7 Å². The number of carbonyl (C=O) groups excluding carboxylic acids is 2. The molecule has 2 heterocycles. The summed E-state index contributed by atoms with van der Waals surface area (Å²) in [5.41, 5.74) is 0.696. The lowest BCUT2D eigenvalue weighted by molar-refractivity contribution is -0.130. The number of piperazine rings is 1. The molecule has 0 saturated carbocycles. The van der Waals surface area contributed by atoms with Crippen LogP contribution in [-0.4, -0.2) is 35.0 Å². The number of carbonyl (C=O) groups is 2. The van der Waals surface area contributed by atoms with Crippen LogP contribution in [0.5, 0.6) is 0 Å². The monoisotopic (exact) mass is 235 g/mol. The van der Waals surface area contributed by atoms with Crippen LogP contribution >= 0.6 is 0 Å². The predicted octanol–water partition coefficient (Wildman–Crippen LogP) is -0.402. The molecule has 1 aromatic heterocycles. The summed E-state index contributed by atoms with van der Waals surface area (Å²) in [4.78, 5) is 28.1. The minimum Gasteiger partial charge on any atom is -0.389 e. The summed E-state index contributed by atoms with van der Waals surface area (Å²) in [5.74, 6) is -0.108. The Morgan fingerprint density at radius 1 is 1.35 bits per heavy atom. The molecule has 0 aromatic carbocycles. The van der Waals surface area contributed by atoms with Crippen molar-refractivity contribution in [2.24, 2.45) is 0 Å². The van der Waals surface area contributed by atoms with Gasteiger partial charge in [0.15, 0.2) is 0 Å². The maximum Gasteiger partial charge on any atom is 0.246 e. The highest BCUT2D eigenvalue weighted by molar-refractivity contribution is 6.02. The molecular weight excluding hydrogens is 222 g/mol. The molecule has 0 radical (unpaired) electrons. The zero-order valence-electron chi connectivity index (χ0n) is 9.38. The van der Waals surface area contributed by atoms with E-state index in [1.807, 2.05) is 0 Å². The van der Waals surface area contributed by atoms with Crippen LogP contribution in [0.25, 0.3) is 0 Å². The van der Waals surface area contributed by atoms with E-state index >= 15 is 0 Å². The van der Waals surface area contributed by atoms with Crippen molar-refractivity contribution >= 4 is 17.6 Å². The summed E-state index contributed by atoms with van der Waals surface area (Å²) in [6.45, 7) is 1.88. The molecule has 2 rings (SSSR count). The van der Waals surface area contributed by atoms with E-state index in [1.165, 1.54) is 6.20 Å². The van der Waals surface area contributed by atoms with Gasteiger partial charge in [-0.05, 0) is 18.6 Å². The van der Waals surface area contributed by atoms with E-state index in [1.54, 1.807) is 24.0 Å². The van der Waals surface area contributed by atoms with E-state index in [4.69, 9.17) is 0 Å². The highest BCUT2D eigenvalue weighted by Crippen LogP contribution is 2.16. The fraction of sp³-hybridized carbons (Fsp3) is 0.364. The van der Waals surface area contributed by atoms with Crippen LogP contribution in [0.15, 0.2) is 18.3 Å². The molecule has 0 aliphatic carbocycles. The van der Waals surface area contributed by atoms with Crippen LogP contribution in [0.3, 0.4) is 0 Å². The summed E-state index contributed by atoms with van der Waals surface area (Å²) in [7, 11) is 0. The largest absolute Gasteiger partial charge is 0.389 e. The first-order valence-corrected chi connectivity index (χ1v) is 5.28. The summed E-state index contributed by atoms with van der Waals surface area (Å²) in [6.07, 6.45) is 0.958. The van der Waals surface area contributed by atoms with Gasteiger partial charge in [-0.1, -0.05) is 6.07 Å². The third-order valence-electron chi connectivity index (χ3n) is 2.52. The average Bonchev–Trinajstić information content (AvgIpc) is 2.28. The number of amides is 2. The number of hydrogen-bond acceptors (Lipinski definition) is 5. The van der Waals surface area contributed by atoms with Gasteiger partial charge in [-0.3, -0.25) is 14.9 Å². The smallest absolute Gasteiger partial charge is 0.246 e. The Labute approximate surface area is 98.3 Å². The lowest BCUT2D eigenvalue weighted by Gasteiger charge is -2.26. The molecule has 6 heteroatoms. The van der Waals surface area contributed by atoms with Crippen molar-refractivity contribution in [3.8, 4) is 0 Å². The quantitative estimate of drug-likeness (QED) is 0.681. The third-order valence-corrected chi connectivity index (χ3v) is 2.52. The summed E-state index contributed by atoms with van der Waals surface area (Å²) >= 11 is 0. The Bertz CT molecular complexity index is 426. The minimum atomic E-state index is -0.581. The van der Waals surface area contributed by atoms with Gasteiger partial charge >= 0.3 is 0 Å². The number of aromatic nitrogens is 1. The molecule has 1 unspecified atom stereocenters. The van der Waals surface area contributed by atoms with Gasteiger partial charge in [-0.15, -0.1) is 0 Å². The van der Waals surface area contributed by atoms with Gasteiger partial charge in [0.2, 0.25) is 11.8 Å². The first-order valence-electron chi connectivity index (χ1n) is 5.28. The summed E-state index contributed by atoms with van der Waals surface area (Å²) < 4.78 is 0. The molecule has 1 fully saturated rings. The highest BCUT2D eigenvalue weighted by Gasteiger charge is 2.23. The first-order chi connectivity index (χ1) is 8.06. The van der Waals surface area contributed by atoms with E-state index in [0.717, 1.165) is 0 Å². The molecule has 2 N–H and O–H groups in total. The number of pyridine rings is 1.